The fourth-order valence-electron chi connectivity index (χ4n) is 1.88. The quantitative estimate of drug-likeness (QED) is 0.807. The Kier molecular flexibility index (Phi) is 4.51. The van der Waals surface area contributed by atoms with E-state index in [0.717, 1.165) is 19.5 Å². The molecule has 0 aromatic carbocycles. The minimum absolute atomic E-state index is 0.0872. The number of nitrogens with one attached hydrogen (secondary N) is 1. The summed E-state index contributed by atoms with van der Waals surface area (Å²) in [5, 5.41) is 2.82. The molecule has 0 spiro atoms. The second-order valence-corrected chi connectivity index (χ2v) is 5.57. The van der Waals surface area contributed by atoms with Crippen LogP contribution in [0.2, 0.25) is 0 Å². The maximum absolute atomic E-state index is 11.5. The number of amides is 1. The van der Waals surface area contributed by atoms with E-state index in [2.05, 4.69) is 5.32 Å². The number of ketones is 1. The summed E-state index contributed by atoms with van der Waals surface area (Å²) < 4.78 is 5.18. The highest BCUT2D eigenvalue weighted by molar-refractivity contribution is 5.77. The summed E-state index contributed by atoms with van der Waals surface area (Å²) in [4.78, 5) is 24.5. The normalized spacial score (nSPS) is 21.3. The van der Waals surface area contributed by atoms with E-state index >= 15 is 0 Å². The number of carbonyl (C=O) groups is 2. The summed E-state index contributed by atoms with van der Waals surface area (Å²) in [6.07, 6.45) is 0.485. The summed E-state index contributed by atoms with van der Waals surface area (Å²) in [7, 11) is 0. The highest BCUT2D eigenvalue weighted by Gasteiger charge is 2.26. The third-order valence-corrected chi connectivity index (χ3v) is 2.44. The average molecular weight is 242 g/mol. The summed E-state index contributed by atoms with van der Waals surface area (Å²) in [6, 6.07) is 0.0872. The van der Waals surface area contributed by atoms with Crippen molar-refractivity contribution in [3.8, 4) is 0 Å². The number of nitrogens with zero attached hydrogens (tertiary/aromatic N) is 1. The lowest BCUT2D eigenvalue weighted by molar-refractivity contribution is -0.117. The largest absolute Gasteiger partial charge is 0.444 e. The number of Topliss-reactive ketones (excluding diaryl/α,β-unsaturated/α-hetero) is 1. The van der Waals surface area contributed by atoms with E-state index in [0.29, 0.717) is 6.54 Å². The van der Waals surface area contributed by atoms with Gasteiger partial charge < -0.3 is 10.1 Å². The van der Waals surface area contributed by atoms with Crippen molar-refractivity contribution in [1.82, 2.24) is 10.2 Å². The van der Waals surface area contributed by atoms with Gasteiger partial charge in [0.2, 0.25) is 0 Å². The van der Waals surface area contributed by atoms with Gasteiger partial charge in [-0.1, -0.05) is 0 Å². The van der Waals surface area contributed by atoms with Crippen LogP contribution >= 0.6 is 0 Å². The van der Waals surface area contributed by atoms with Gasteiger partial charge in [-0.15, -0.1) is 0 Å². The molecule has 1 atom stereocenters. The fourth-order valence-corrected chi connectivity index (χ4v) is 1.88. The van der Waals surface area contributed by atoms with Crippen LogP contribution in [0.25, 0.3) is 0 Å². The average Bonchev–Trinajstić information content (AvgIpc) is 2.46. The lowest BCUT2D eigenvalue weighted by atomic mass is 10.2. The fraction of sp³-hybridized carbons (Fsp3) is 0.833. The van der Waals surface area contributed by atoms with Crippen molar-refractivity contribution in [3.05, 3.63) is 0 Å². The Balaban J connectivity index is 2.30. The van der Waals surface area contributed by atoms with Crippen molar-refractivity contribution >= 4 is 11.9 Å². The van der Waals surface area contributed by atoms with Crippen molar-refractivity contribution in [2.75, 3.05) is 19.6 Å². The van der Waals surface area contributed by atoms with E-state index < -0.39 is 5.60 Å². The molecular weight excluding hydrogens is 220 g/mol. The van der Waals surface area contributed by atoms with Crippen LogP contribution in [0.15, 0.2) is 0 Å². The molecule has 98 valence electrons. The Morgan fingerprint density at radius 3 is 2.59 bits per heavy atom. The van der Waals surface area contributed by atoms with Crippen LogP contribution in [0.3, 0.4) is 0 Å². The summed E-state index contributed by atoms with van der Waals surface area (Å²) in [6.45, 7) is 9.12. The highest BCUT2D eigenvalue weighted by atomic mass is 16.6. The number of rotatable bonds is 3. The van der Waals surface area contributed by atoms with Crippen LogP contribution in [0.5, 0.6) is 0 Å². The maximum atomic E-state index is 11.5. The lowest BCUT2D eigenvalue weighted by Crippen LogP contribution is -2.40. The van der Waals surface area contributed by atoms with Crippen molar-refractivity contribution in [2.24, 2.45) is 0 Å². The molecule has 0 aliphatic carbocycles. The molecule has 0 aromatic heterocycles. The van der Waals surface area contributed by atoms with E-state index in [-0.39, 0.29) is 17.9 Å². The second-order valence-electron chi connectivity index (χ2n) is 5.57. The molecule has 1 aliphatic rings. The Bertz CT molecular complexity index is 297. The zero-order chi connectivity index (χ0) is 13.1. The van der Waals surface area contributed by atoms with Gasteiger partial charge in [0.1, 0.15) is 11.4 Å². The minimum atomic E-state index is -0.470. The first-order valence-electron chi connectivity index (χ1n) is 5.97. The van der Waals surface area contributed by atoms with Gasteiger partial charge in [0.15, 0.2) is 0 Å². The molecule has 1 saturated heterocycles. The third-order valence-electron chi connectivity index (χ3n) is 2.44. The molecule has 5 heteroatoms. The third kappa shape index (κ3) is 5.68. The number of likely N-dealkylation sites (tertiary alicyclic amines) is 1. The first-order valence-corrected chi connectivity index (χ1v) is 5.97. The predicted molar refractivity (Wildman–Crippen MR) is 64.9 cm³/mol. The Morgan fingerprint density at radius 2 is 2.06 bits per heavy atom. The van der Waals surface area contributed by atoms with Crippen LogP contribution in [-0.2, 0) is 9.53 Å². The van der Waals surface area contributed by atoms with Crippen molar-refractivity contribution in [3.63, 3.8) is 0 Å². The molecule has 0 saturated carbocycles. The van der Waals surface area contributed by atoms with Crippen molar-refractivity contribution in [1.29, 1.82) is 0 Å². The maximum Gasteiger partial charge on any atom is 0.407 e. The predicted octanol–water partition coefficient (Wildman–Crippen LogP) is 1.17. The molecule has 0 bridgehead atoms. The molecule has 17 heavy (non-hydrogen) atoms. The SMILES string of the molecule is CC(=O)CN1CCC(NC(=O)OC(C)(C)C)C1. The lowest BCUT2D eigenvalue weighted by Gasteiger charge is -2.21. The molecule has 1 amide bonds. The van der Waals surface area contributed by atoms with Crippen molar-refractivity contribution < 1.29 is 14.3 Å². The van der Waals surface area contributed by atoms with Crippen LogP contribution in [0.1, 0.15) is 34.1 Å². The molecule has 0 aromatic rings. The molecule has 1 unspecified atom stereocenters. The molecule has 5 nitrogen and oxygen atoms in total. The Labute approximate surface area is 102 Å². The highest BCUT2D eigenvalue weighted by Crippen LogP contribution is 2.11. The van der Waals surface area contributed by atoms with Gasteiger partial charge in [-0.25, -0.2) is 4.79 Å². The van der Waals surface area contributed by atoms with E-state index in [1.165, 1.54) is 0 Å². The topological polar surface area (TPSA) is 58.6 Å². The van der Waals surface area contributed by atoms with E-state index in [4.69, 9.17) is 4.74 Å². The van der Waals surface area contributed by atoms with Gasteiger partial charge in [-0.05, 0) is 34.1 Å². The molecule has 1 rings (SSSR count). The number of hydrogen-bond donors (Lipinski definition) is 1. The van der Waals surface area contributed by atoms with Crippen LogP contribution in [0.4, 0.5) is 4.79 Å². The van der Waals surface area contributed by atoms with Gasteiger partial charge in [-0.3, -0.25) is 9.69 Å². The smallest absolute Gasteiger partial charge is 0.407 e. The number of hydrogen-bond acceptors (Lipinski definition) is 4. The molecule has 1 N–H and O–H groups in total. The molecule has 0 radical (unpaired) electrons. The monoisotopic (exact) mass is 242 g/mol. The zero-order valence-corrected chi connectivity index (χ0v) is 11.1. The zero-order valence-electron chi connectivity index (χ0n) is 11.1. The Morgan fingerprint density at radius 1 is 1.41 bits per heavy atom. The number of carbonyl (C=O) groups excluding carboxylic acids is 2. The van der Waals surface area contributed by atoms with Gasteiger partial charge in [0, 0.05) is 19.1 Å². The van der Waals surface area contributed by atoms with E-state index in [1.54, 1.807) is 6.92 Å². The summed E-state index contributed by atoms with van der Waals surface area (Å²) in [5.41, 5.74) is -0.470. The van der Waals surface area contributed by atoms with Crippen LogP contribution in [-0.4, -0.2) is 48.1 Å². The standard InChI is InChI=1S/C12H22N2O3/c1-9(15)7-14-6-5-10(8-14)13-11(16)17-12(2,3)4/h10H,5-8H2,1-4H3,(H,13,16). The van der Waals surface area contributed by atoms with Crippen LogP contribution < -0.4 is 5.32 Å². The van der Waals surface area contributed by atoms with Crippen LogP contribution in [0, 0.1) is 0 Å². The second kappa shape index (κ2) is 5.49. The first-order chi connectivity index (χ1) is 7.76. The van der Waals surface area contributed by atoms with Crippen molar-refractivity contribution in [2.45, 2.75) is 45.8 Å². The molecule has 1 aliphatic heterocycles. The number of ether oxygens (including phenoxy) is 1. The first kappa shape index (κ1) is 14.0. The van der Waals surface area contributed by atoms with Gasteiger partial charge in [0.25, 0.3) is 0 Å². The minimum Gasteiger partial charge on any atom is -0.444 e. The Hall–Kier alpha value is -1.10. The molecular formula is C12H22N2O3. The van der Waals surface area contributed by atoms with E-state index in [1.807, 2.05) is 25.7 Å². The summed E-state index contributed by atoms with van der Waals surface area (Å²) >= 11 is 0. The summed E-state index contributed by atoms with van der Waals surface area (Å²) in [5.74, 6) is 0.155. The molecule has 1 heterocycles. The van der Waals surface area contributed by atoms with Gasteiger partial charge >= 0.3 is 6.09 Å². The van der Waals surface area contributed by atoms with Gasteiger partial charge in [-0.2, -0.15) is 0 Å². The number of alkyl carbamates (subject to hydrolysis) is 1. The molecule has 1 fully saturated rings. The van der Waals surface area contributed by atoms with Gasteiger partial charge in [0.05, 0.1) is 6.54 Å². The van der Waals surface area contributed by atoms with E-state index in [9.17, 15) is 9.59 Å².